The van der Waals surface area contributed by atoms with Crippen LogP contribution in [0.15, 0.2) is 18.2 Å². The van der Waals surface area contributed by atoms with Crippen LogP contribution in [-0.4, -0.2) is 5.54 Å². The summed E-state index contributed by atoms with van der Waals surface area (Å²) in [4.78, 5) is 0. The Hall–Kier alpha value is -1.69. The van der Waals surface area contributed by atoms with Crippen LogP contribution in [0.5, 0.6) is 0 Å². The molecule has 0 fully saturated rings. The van der Waals surface area contributed by atoms with E-state index < -0.39 is 0 Å². The smallest absolute Gasteiger partial charge is 0.0992 e. The summed E-state index contributed by atoms with van der Waals surface area (Å²) >= 11 is 0. The van der Waals surface area contributed by atoms with Crippen LogP contribution >= 0.6 is 0 Å². The summed E-state index contributed by atoms with van der Waals surface area (Å²) in [6.45, 7) is 6.31. The van der Waals surface area contributed by atoms with E-state index >= 15 is 0 Å². The Bertz CT molecular complexity index is 388. The van der Waals surface area contributed by atoms with Crippen molar-refractivity contribution < 1.29 is 0 Å². The number of benzene rings is 1. The van der Waals surface area contributed by atoms with Gasteiger partial charge in [-0.2, -0.15) is 5.26 Å². The number of nitrogens with zero attached hydrogens (tertiary/aromatic N) is 1. The number of nitrogens with one attached hydrogen (secondary N) is 1. The van der Waals surface area contributed by atoms with E-state index in [1.807, 2.05) is 0 Å². The van der Waals surface area contributed by atoms with E-state index in [4.69, 9.17) is 11.0 Å². The maximum absolute atomic E-state index is 8.79. The molecule has 0 unspecified atom stereocenters. The molecular weight excluding hydrogens is 186 g/mol. The normalized spacial score (nSPS) is 10.8. The summed E-state index contributed by atoms with van der Waals surface area (Å²) in [5, 5.41) is 12.1. The van der Waals surface area contributed by atoms with Crippen molar-refractivity contribution in [2.75, 3.05) is 11.1 Å². The molecule has 3 heteroatoms. The fraction of sp³-hybridized carbons (Fsp3) is 0.417. The average molecular weight is 203 g/mol. The Balaban J connectivity index is 2.99. The monoisotopic (exact) mass is 203 g/mol. The number of nitriles is 1. The number of hydrogen-bond donors (Lipinski definition) is 2. The maximum Gasteiger partial charge on any atom is 0.0992 e. The van der Waals surface area contributed by atoms with Crippen LogP contribution in [-0.2, 0) is 0 Å². The second kappa shape index (κ2) is 4.22. The van der Waals surface area contributed by atoms with Crippen molar-refractivity contribution in [3.8, 4) is 6.07 Å². The molecule has 0 amide bonds. The molecule has 0 radical (unpaired) electrons. The molecule has 0 aliphatic heterocycles. The summed E-state index contributed by atoms with van der Waals surface area (Å²) in [5.41, 5.74) is 7.96. The third-order valence-corrected chi connectivity index (χ3v) is 2.54. The van der Waals surface area contributed by atoms with Crippen LogP contribution < -0.4 is 11.1 Å². The van der Waals surface area contributed by atoms with Crippen molar-refractivity contribution in [2.24, 2.45) is 0 Å². The zero-order chi connectivity index (χ0) is 11.5. The van der Waals surface area contributed by atoms with Gasteiger partial charge in [-0.3, -0.25) is 0 Å². The van der Waals surface area contributed by atoms with Gasteiger partial charge in [0.25, 0.3) is 0 Å². The van der Waals surface area contributed by atoms with Gasteiger partial charge < -0.3 is 11.1 Å². The van der Waals surface area contributed by atoms with E-state index in [9.17, 15) is 0 Å². The lowest BCUT2D eigenvalue weighted by molar-refractivity contribution is 0.547. The van der Waals surface area contributed by atoms with Gasteiger partial charge in [0.15, 0.2) is 0 Å². The zero-order valence-corrected chi connectivity index (χ0v) is 9.46. The molecule has 0 saturated carbocycles. The molecule has 3 nitrogen and oxygen atoms in total. The molecule has 0 aliphatic rings. The number of anilines is 2. The second-order valence-electron chi connectivity index (χ2n) is 4.28. The Morgan fingerprint density at radius 3 is 2.67 bits per heavy atom. The first-order valence-electron chi connectivity index (χ1n) is 5.06. The quantitative estimate of drug-likeness (QED) is 0.742. The van der Waals surface area contributed by atoms with E-state index in [-0.39, 0.29) is 5.54 Å². The van der Waals surface area contributed by atoms with Crippen molar-refractivity contribution in [1.82, 2.24) is 0 Å². The van der Waals surface area contributed by atoms with Crippen LogP contribution in [0.3, 0.4) is 0 Å². The van der Waals surface area contributed by atoms with Crippen LogP contribution in [0.4, 0.5) is 11.4 Å². The van der Waals surface area contributed by atoms with E-state index in [2.05, 4.69) is 32.2 Å². The van der Waals surface area contributed by atoms with E-state index in [1.54, 1.807) is 18.2 Å². The summed E-state index contributed by atoms with van der Waals surface area (Å²) in [5.74, 6) is 0. The van der Waals surface area contributed by atoms with Gasteiger partial charge in [0, 0.05) is 5.54 Å². The summed E-state index contributed by atoms with van der Waals surface area (Å²) in [6, 6.07) is 7.37. The van der Waals surface area contributed by atoms with Gasteiger partial charge in [-0.1, -0.05) is 6.92 Å². The average Bonchev–Trinajstić information content (AvgIpc) is 2.21. The molecule has 0 spiro atoms. The fourth-order valence-corrected chi connectivity index (χ4v) is 1.19. The lowest BCUT2D eigenvalue weighted by atomic mass is 10.0. The van der Waals surface area contributed by atoms with Crippen molar-refractivity contribution in [3.05, 3.63) is 23.8 Å². The molecule has 0 atom stereocenters. The first kappa shape index (κ1) is 11.4. The van der Waals surface area contributed by atoms with Gasteiger partial charge in [-0.25, -0.2) is 0 Å². The minimum absolute atomic E-state index is 0.0117. The predicted molar refractivity (Wildman–Crippen MR) is 63.6 cm³/mol. The minimum atomic E-state index is -0.0117. The summed E-state index contributed by atoms with van der Waals surface area (Å²) in [6.07, 6.45) is 0.989. The van der Waals surface area contributed by atoms with Crippen LogP contribution in [0.2, 0.25) is 0 Å². The zero-order valence-electron chi connectivity index (χ0n) is 9.46. The highest BCUT2D eigenvalue weighted by Crippen LogP contribution is 2.24. The molecule has 3 N–H and O–H groups in total. The summed E-state index contributed by atoms with van der Waals surface area (Å²) in [7, 11) is 0. The first-order chi connectivity index (χ1) is 6.98. The van der Waals surface area contributed by atoms with Crippen molar-refractivity contribution >= 4 is 11.4 Å². The standard InChI is InChI=1S/C12H17N3/c1-4-12(2,3)15-11-7-9(8-13)5-6-10(11)14/h5-7,15H,4,14H2,1-3H3. The molecule has 0 aliphatic carbocycles. The Kier molecular flexibility index (Phi) is 3.21. The molecular formula is C12H17N3. The molecule has 0 aromatic heterocycles. The first-order valence-corrected chi connectivity index (χ1v) is 5.06. The molecule has 80 valence electrons. The second-order valence-corrected chi connectivity index (χ2v) is 4.28. The van der Waals surface area contributed by atoms with Gasteiger partial charge >= 0.3 is 0 Å². The number of nitrogen functional groups attached to an aromatic ring is 1. The fourth-order valence-electron chi connectivity index (χ4n) is 1.19. The highest BCUT2D eigenvalue weighted by molar-refractivity contribution is 5.69. The summed E-state index contributed by atoms with van der Waals surface area (Å²) < 4.78 is 0. The third-order valence-electron chi connectivity index (χ3n) is 2.54. The Morgan fingerprint density at radius 2 is 2.13 bits per heavy atom. The topological polar surface area (TPSA) is 61.8 Å². The molecule has 0 saturated heterocycles. The van der Waals surface area contributed by atoms with Gasteiger partial charge in [-0.15, -0.1) is 0 Å². The largest absolute Gasteiger partial charge is 0.397 e. The number of nitrogens with two attached hydrogens (primary N) is 1. The lowest BCUT2D eigenvalue weighted by Crippen LogP contribution is -2.30. The third kappa shape index (κ3) is 2.88. The molecule has 1 aromatic rings. The number of rotatable bonds is 3. The van der Waals surface area contributed by atoms with Gasteiger partial charge in [0.1, 0.15) is 0 Å². The lowest BCUT2D eigenvalue weighted by Gasteiger charge is -2.26. The van der Waals surface area contributed by atoms with E-state index in [0.717, 1.165) is 12.1 Å². The van der Waals surface area contributed by atoms with Gasteiger partial charge in [0.2, 0.25) is 0 Å². The highest BCUT2D eigenvalue weighted by atomic mass is 15.0. The van der Waals surface area contributed by atoms with Crippen molar-refractivity contribution in [1.29, 1.82) is 5.26 Å². The minimum Gasteiger partial charge on any atom is -0.397 e. The van der Waals surface area contributed by atoms with E-state index in [1.165, 1.54) is 0 Å². The Morgan fingerprint density at radius 1 is 1.47 bits per heavy atom. The van der Waals surface area contributed by atoms with Crippen molar-refractivity contribution in [2.45, 2.75) is 32.7 Å². The maximum atomic E-state index is 8.79. The van der Waals surface area contributed by atoms with Gasteiger partial charge in [0.05, 0.1) is 23.0 Å². The molecule has 1 rings (SSSR count). The van der Waals surface area contributed by atoms with E-state index in [0.29, 0.717) is 11.3 Å². The van der Waals surface area contributed by atoms with Crippen LogP contribution in [0.1, 0.15) is 32.8 Å². The predicted octanol–water partition coefficient (Wildman–Crippen LogP) is 2.74. The van der Waals surface area contributed by atoms with Crippen molar-refractivity contribution in [3.63, 3.8) is 0 Å². The van der Waals surface area contributed by atoms with Gasteiger partial charge in [-0.05, 0) is 38.5 Å². The number of hydrogen-bond acceptors (Lipinski definition) is 3. The molecule has 0 bridgehead atoms. The molecule has 15 heavy (non-hydrogen) atoms. The SMILES string of the molecule is CCC(C)(C)Nc1cc(C#N)ccc1N. The van der Waals surface area contributed by atoms with Crippen LogP contribution in [0, 0.1) is 11.3 Å². The molecule has 1 aromatic carbocycles. The Labute approximate surface area is 90.9 Å². The highest BCUT2D eigenvalue weighted by Gasteiger charge is 2.15. The van der Waals surface area contributed by atoms with Crippen LogP contribution in [0.25, 0.3) is 0 Å². The molecule has 0 heterocycles.